The zero-order valence-electron chi connectivity index (χ0n) is 23.6. The van der Waals surface area contributed by atoms with Crippen molar-refractivity contribution >= 4 is 33.5 Å². The van der Waals surface area contributed by atoms with Gasteiger partial charge in [-0.05, 0) is 43.9 Å². The molecule has 1 saturated carbocycles. The van der Waals surface area contributed by atoms with Crippen LogP contribution in [0.2, 0.25) is 5.02 Å². The number of likely N-dealkylation sites (N-methyl/N-ethyl adjacent to an activating group) is 1. The molecule has 1 spiro atoms. The lowest BCUT2D eigenvalue weighted by Gasteiger charge is -2.54. The maximum Gasteiger partial charge on any atom is 0.294 e. The number of amides is 2. The monoisotopic (exact) mass is 635 g/mol. The molecule has 0 unspecified atom stereocenters. The molecular formula is C29H31ClFN3O8S. The summed E-state index contributed by atoms with van der Waals surface area (Å²) >= 11 is 5.77. The van der Waals surface area contributed by atoms with Gasteiger partial charge in [-0.3, -0.25) is 18.9 Å². The number of carbonyl (C=O) groups excluding carboxylic acids is 2. The molecule has 43 heavy (non-hydrogen) atoms. The highest BCUT2D eigenvalue weighted by molar-refractivity contribution is 7.85. The zero-order valence-corrected chi connectivity index (χ0v) is 25.2. The molecule has 3 aromatic rings. The number of nitrogens with one attached hydrogen (secondary N) is 1. The van der Waals surface area contributed by atoms with E-state index in [1.54, 1.807) is 36.9 Å². The molecule has 3 N–H and O–H groups in total. The summed E-state index contributed by atoms with van der Waals surface area (Å²) < 4.78 is 50.4. The van der Waals surface area contributed by atoms with Crippen LogP contribution in [0.3, 0.4) is 0 Å². The summed E-state index contributed by atoms with van der Waals surface area (Å²) in [5.41, 5.74) is -0.828. The van der Waals surface area contributed by atoms with E-state index >= 15 is 0 Å². The third-order valence-corrected chi connectivity index (χ3v) is 8.71. The molecule has 230 valence electrons. The van der Waals surface area contributed by atoms with Crippen LogP contribution >= 0.6 is 11.6 Å². The summed E-state index contributed by atoms with van der Waals surface area (Å²) in [6.45, 7) is 2.58. The van der Waals surface area contributed by atoms with Gasteiger partial charge in [-0.15, -0.1) is 0 Å². The molecule has 5 rings (SSSR count). The van der Waals surface area contributed by atoms with Crippen LogP contribution < -0.4 is 10.7 Å². The van der Waals surface area contributed by atoms with Crippen molar-refractivity contribution in [1.29, 1.82) is 0 Å². The van der Waals surface area contributed by atoms with Crippen LogP contribution in [0.4, 0.5) is 4.39 Å². The second-order valence-electron chi connectivity index (χ2n) is 10.7. The van der Waals surface area contributed by atoms with Gasteiger partial charge in [0.25, 0.3) is 21.9 Å². The van der Waals surface area contributed by atoms with Crippen molar-refractivity contribution < 1.29 is 36.8 Å². The van der Waals surface area contributed by atoms with Crippen LogP contribution in [0.15, 0.2) is 58.4 Å². The van der Waals surface area contributed by atoms with E-state index in [2.05, 4.69) is 5.32 Å². The van der Waals surface area contributed by atoms with Crippen molar-refractivity contribution in [2.45, 2.75) is 36.7 Å². The first-order valence-corrected chi connectivity index (χ1v) is 15.0. The normalized spacial score (nSPS) is 19.3. The van der Waals surface area contributed by atoms with Crippen LogP contribution in [-0.2, 0) is 26.9 Å². The fraction of sp³-hybridized carbons (Fsp3) is 0.345. The lowest BCUT2D eigenvalue weighted by atomic mass is 9.67. The number of methoxy groups -OCH3 is 1. The first kappa shape index (κ1) is 32.1. The predicted octanol–water partition coefficient (Wildman–Crippen LogP) is 3.36. The molecule has 1 aliphatic carbocycles. The Morgan fingerprint density at radius 3 is 2.44 bits per heavy atom. The summed E-state index contributed by atoms with van der Waals surface area (Å²) in [7, 11) is -0.793. The molecule has 1 aliphatic heterocycles. The van der Waals surface area contributed by atoms with E-state index in [0.29, 0.717) is 26.0 Å². The van der Waals surface area contributed by atoms with Gasteiger partial charge in [0.15, 0.2) is 11.4 Å². The molecule has 0 bridgehead atoms. The average Bonchev–Trinajstić information content (AvgIpc) is 2.93. The lowest BCUT2D eigenvalue weighted by Crippen LogP contribution is -2.60. The van der Waals surface area contributed by atoms with Crippen molar-refractivity contribution in [2.24, 2.45) is 5.92 Å². The topological polar surface area (TPSA) is 155 Å². The maximum absolute atomic E-state index is 14.1. The van der Waals surface area contributed by atoms with Gasteiger partial charge in [0.1, 0.15) is 11.4 Å². The standard InChI is InChI=1S/C22H23ClFN3O5.C7H8O3S/c1-26-11-22(6-12(7-22)10-32-2)27-9-14(18(28)19(29)17(27)21(26)31)20(30)25-8-13-4-3-5-15(23)16(13)24;1-6-2-4-7(5-3-6)11(8,9)10/h3-5,9,12,29H,6-8,10-11H2,1-2H3,(H,25,30);2-5H,1H3,(H,8,9,10). The van der Waals surface area contributed by atoms with Gasteiger partial charge in [0, 0.05) is 45.6 Å². The SMILES string of the molecule is COCC1CC2(C1)CN(C)C(=O)c1c(O)c(=O)c(C(=O)NCc3cccc(Cl)c3F)cn12.Cc1ccc(S(=O)(=O)O)cc1. The van der Waals surface area contributed by atoms with Gasteiger partial charge >= 0.3 is 0 Å². The Hall–Kier alpha value is -3.78. The van der Waals surface area contributed by atoms with E-state index in [1.165, 1.54) is 35.4 Å². The number of pyridine rings is 1. The lowest BCUT2D eigenvalue weighted by molar-refractivity contribution is -0.0190. The number of halogens is 2. The molecule has 1 fully saturated rings. The molecule has 0 atom stereocenters. The minimum Gasteiger partial charge on any atom is -0.503 e. The quantitative estimate of drug-likeness (QED) is 0.348. The number of aryl methyl sites for hydroxylation is 1. The van der Waals surface area contributed by atoms with E-state index in [0.717, 1.165) is 5.56 Å². The van der Waals surface area contributed by atoms with Gasteiger partial charge in [0.05, 0.1) is 15.5 Å². The van der Waals surface area contributed by atoms with Crippen LogP contribution in [0.25, 0.3) is 0 Å². The number of aromatic nitrogens is 1. The predicted molar refractivity (Wildman–Crippen MR) is 155 cm³/mol. The minimum atomic E-state index is -4.02. The Balaban J connectivity index is 0.000000324. The number of carbonyl (C=O) groups is 2. The highest BCUT2D eigenvalue weighted by Crippen LogP contribution is 2.48. The second-order valence-corrected chi connectivity index (χ2v) is 12.6. The average molecular weight is 636 g/mol. The first-order chi connectivity index (χ1) is 20.2. The summed E-state index contributed by atoms with van der Waals surface area (Å²) in [5, 5.41) is 13.0. The Labute approximate surface area is 252 Å². The summed E-state index contributed by atoms with van der Waals surface area (Å²) in [6, 6.07) is 10.4. The van der Waals surface area contributed by atoms with E-state index in [9.17, 15) is 32.3 Å². The summed E-state index contributed by atoms with van der Waals surface area (Å²) in [4.78, 5) is 39.7. The molecule has 2 aliphatic rings. The molecule has 0 saturated heterocycles. The molecule has 14 heteroatoms. The number of aromatic hydroxyl groups is 1. The highest BCUT2D eigenvalue weighted by atomic mass is 35.5. The summed E-state index contributed by atoms with van der Waals surface area (Å²) in [5.74, 6) is -2.44. The Kier molecular flexibility index (Phi) is 9.30. The van der Waals surface area contributed by atoms with Gasteiger partial charge in [-0.2, -0.15) is 8.42 Å². The van der Waals surface area contributed by atoms with Gasteiger partial charge in [-0.1, -0.05) is 41.4 Å². The number of rotatable bonds is 6. The van der Waals surface area contributed by atoms with E-state index in [1.807, 2.05) is 6.92 Å². The summed E-state index contributed by atoms with van der Waals surface area (Å²) in [6.07, 6.45) is 2.67. The highest BCUT2D eigenvalue weighted by Gasteiger charge is 2.51. The second kappa shape index (κ2) is 12.4. The van der Waals surface area contributed by atoms with Crippen LogP contribution in [0.5, 0.6) is 5.75 Å². The van der Waals surface area contributed by atoms with Gasteiger partial charge < -0.3 is 24.6 Å². The minimum absolute atomic E-state index is 0.0666. The molecule has 2 heterocycles. The van der Waals surface area contributed by atoms with Crippen molar-refractivity contribution in [2.75, 3.05) is 27.3 Å². The largest absolute Gasteiger partial charge is 0.503 e. The first-order valence-electron chi connectivity index (χ1n) is 13.2. The number of ether oxygens (including phenoxy) is 1. The molecule has 0 radical (unpaired) electrons. The molecule has 1 aromatic heterocycles. The Morgan fingerprint density at radius 1 is 1.19 bits per heavy atom. The number of benzene rings is 2. The molecule has 2 amide bonds. The Morgan fingerprint density at radius 2 is 1.84 bits per heavy atom. The Bertz CT molecular complexity index is 1720. The van der Waals surface area contributed by atoms with E-state index < -0.39 is 44.5 Å². The van der Waals surface area contributed by atoms with Crippen molar-refractivity contribution in [3.05, 3.63) is 92.1 Å². The number of nitrogens with zero attached hydrogens (tertiary/aromatic N) is 2. The van der Waals surface area contributed by atoms with Crippen molar-refractivity contribution in [3.63, 3.8) is 0 Å². The van der Waals surface area contributed by atoms with E-state index in [4.69, 9.17) is 20.9 Å². The fourth-order valence-electron chi connectivity index (χ4n) is 5.47. The fourth-order valence-corrected chi connectivity index (χ4v) is 6.15. The van der Waals surface area contributed by atoms with Gasteiger partial charge in [0.2, 0.25) is 5.43 Å². The smallest absolute Gasteiger partial charge is 0.294 e. The molecular weight excluding hydrogens is 605 g/mol. The molecule has 2 aromatic carbocycles. The third kappa shape index (κ3) is 6.59. The zero-order chi connectivity index (χ0) is 31.7. The maximum atomic E-state index is 14.1. The van der Waals surface area contributed by atoms with Crippen molar-refractivity contribution in [1.82, 2.24) is 14.8 Å². The van der Waals surface area contributed by atoms with E-state index in [-0.39, 0.29) is 39.2 Å². The van der Waals surface area contributed by atoms with Gasteiger partial charge in [-0.25, -0.2) is 4.39 Å². The van der Waals surface area contributed by atoms with Crippen molar-refractivity contribution in [3.8, 4) is 5.75 Å². The van der Waals surface area contributed by atoms with Crippen LogP contribution in [-0.4, -0.2) is 66.7 Å². The van der Waals surface area contributed by atoms with Crippen LogP contribution in [0.1, 0.15) is 44.8 Å². The number of hydrogen-bond donors (Lipinski definition) is 3. The third-order valence-electron chi connectivity index (χ3n) is 7.55. The van der Waals surface area contributed by atoms with Crippen LogP contribution in [0, 0.1) is 18.7 Å². The number of fused-ring (bicyclic) bond motifs is 2. The number of hydrogen-bond acceptors (Lipinski definition) is 7. The molecule has 11 nitrogen and oxygen atoms in total.